The van der Waals surface area contributed by atoms with Crippen molar-refractivity contribution in [1.29, 1.82) is 0 Å². The van der Waals surface area contributed by atoms with Crippen LogP contribution in [-0.2, 0) is 19.6 Å². The van der Waals surface area contributed by atoms with Crippen LogP contribution in [0.5, 0.6) is 0 Å². The molecule has 9 heteroatoms. The van der Waals surface area contributed by atoms with Crippen LogP contribution in [0.2, 0.25) is 0 Å². The minimum atomic E-state index is -3.67. The average molecular weight is 420 g/mol. The predicted molar refractivity (Wildman–Crippen MR) is 106 cm³/mol. The van der Waals surface area contributed by atoms with Gasteiger partial charge in [0.25, 0.3) is 10.1 Å². The highest BCUT2D eigenvalue weighted by molar-refractivity contribution is 7.85. The summed E-state index contributed by atoms with van der Waals surface area (Å²) in [7, 11) is -3.67. The van der Waals surface area contributed by atoms with Crippen molar-refractivity contribution < 1.29 is 27.3 Å². The van der Waals surface area contributed by atoms with E-state index in [1.807, 2.05) is 24.3 Å². The number of esters is 1. The van der Waals surface area contributed by atoms with Gasteiger partial charge in [-0.25, -0.2) is 4.79 Å². The molecule has 0 radical (unpaired) electrons. The van der Waals surface area contributed by atoms with Gasteiger partial charge in [0, 0.05) is 47.9 Å². The molecule has 29 heavy (non-hydrogen) atoms. The first kappa shape index (κ1) is 20.1. The zero-order valence-electron chi connectivity index (χ0n) is 16.1. The molecular weight excluding hydrogens is 396 g/mol. The van der Waals surface area contributed by atoms with Crippen molar-refractivity contribution in [2.75, 3.05) is 12.8 Å². The zero-order chi connectivity index (χ0) is 20.8. The highest BCUT2D eigenvalue weighted by atomic mass is 32.2. The summed E-state index contributed by atoms with van der Waals surface area (Å²) in [6.45, 7) is 0.600. The summed E-state index contributed by atoms with van der Waals surface area (Å²) in [6, 6.07) is 8.58. The summed E-state index contributed by atoms with van der Waals surface area (Å²) in [5, 5.41) is 0.909. The molecule has 4 aliphatic rings. The molecule has 0 saturated carbocycles. The molecule has 6 rings (SSSR count). The number of carbonyl (C=O) groups excluding carboxylic acids is 2. The fourth-order valence-electron chi connectivity index (χ4n) is 4.87. The number of Topliss-reactive ketones (excluding diaryl/α,β-unsaturated/α-hetero) is 1. The van der Waals surface area contributed by atoms with Crippen molar-refractivity contribution >= 4 is 32.8 Å². The second kappa shape index (κ2) is 7.55. The summed E-state index contributed by atoms with van der Waals surface area (Å²) >= 11 is 0. The number of para-hydroxylation sites is 1. The number of carbonyl (C=O) groups is 2. The van der Waals surface area contributed by atoms with Crippen LogP contribution >= 0.6 is 0 Å². The topological polar surface area (TPSA) is 117 Å². The van der Waals surface area contributed by atoms with Gasteiger partial charge in [-0.15, -0.1) is 0 Å². The number of piperidine rings is 4. The summed E-state index contributed by atoms with van der Waals surface area (Å²) in [4.78, 5) is 30.0. The first-order valence-electron chi connectivity index (χ1n) is 9.67. The minimum absolute atomic E-state index is 0.0356. The van der Waals surface area contributed by atoms with Gasteiger partial charge in [-0.3, -0.25) is 14.2 Å². The Balaban J connectivity index is 0.000000369. The normalized spacial score (nSPS) is 30.6. The first-order valence-corrected chi connectivity index (χ1v) is 11.5. The van der Waals surface area contributed by atoms with Crippen molar-refractivity contribution in [2.45, 2.75) is 43.9 Å². The fourth-order valence-corrected chi connectivity index (χ4v) is 4.87. The number of rotatable bonds is 2. The molecule has 2 aromatic rings. The number of fused-ring (bicyclic) bond motifs is 2. The molecule has 4 fully saturated rings. The average Bonchev–Trinajstić information content (AvgIpc) is 3.04. The molecule has 1 aromatic carbocycles. The lowest BCUT2D eigenvalue weighted by Gasteiger charge is -2.54. The van der Waals surface area contributed by atoms with Crippen LogP contribution in [0.1, 0.15) is 36.0 Å². The molecule has 5 atom stereocenters. The maximum absolute atomic E-state index is 12.6. The Labute approximate surface area is 169 Å². The van der Waals surface area contributed by atoms with E-state index < -0.39 is 10.1 Å². The van der Waals surface area contributed by atoms with E-state index in [9.17, 15) is 18.0 Å². The standard InChI is InChI=1S/C19H20N2O3.CH4O3S/c22-18-10-21-12-5-11(18)6-13(21)8-14(7-12)24-19(23)16-9-20-17-4-2-1-3-15(16)17;1-5(2,3)4/h1-4,9,11-14,20H,5-8,10H2;1H3,(H,2,3,4)/t11?,12-,13+,14?;. The van der Waals surface area contributed by atoms with Gasteiger partial charge in [0.1, 0.15) is 11.9 Å². The van der Waals surface area contributed by atoms with Crippen molar-refractivity contribution in [3.8, 4) is 0 Å². The molecule has 5 heterocycles. The number of nitrogens with zero attached hydrogens (tertiary/aromatic N) is 1. The predicted octanol–water partition coefficient (Wildman–Crippen LogP) is 2.02. The summed E-state index contributed by atoms with van der Waals surface area (Å²) in [6.07, 6.45) is 6.01. The van der Waals surface area contributed by atoms with E-state index in [2.05, 4.69) is 9.88 Å². The third kappa shape index (κ3) is 4.36. The van der Waals surface area contributed by atoms with Crippen LogP contribution in [-0.4, -0.2) is 65.6 Å². The van der Waals surface area contributed by atoms with Gasteiger partial charge in [0.2, 0.25) is 0 Å². The lowest BCUT2D eigenvalue weighted by atomic mass is 9.72. The molecule has 2 N–H and O–H groups in total. The second-order valence-electron chi connectivity index (χ2n) is 8.09. The molecular formula is C20H24N2O6S. The summed E-state index contributed by atoms with van der Waals surface area (Å²) in [5.74, 6) is 0.403. The molecule has 156 valence electrons. The third-order valence-corrected chi connectivity index (χ3v) is 6.00. The summed E-state index contributed by atoms with van der Waals surface area (Å²) < 4.78 is 31.7. The van der Waals surface area contributed by atoms with E-state index in [-0.39, 0.29) is 18.0 Å². The monoisotopic (exact) mass is 420 g/mol. The lowest BCUT2D eigenvalue weighted by Crippen LogP contribution is -2.63. The van der Waals surface area contributed by atoms with E-state index in [1.54, 1.807) is 6.20 Å². The number of hydrogen-bond donors (Lipinski definition) is 2. The van der Waals surface area contributed by atoms with Crippen LogP contribution < -0.4 is 0 Å². The van der Waals surface area contributed by atoms with Gasteiger partial charge < -0.3 is 9.72 Å². The Bertz CT molecular complexity index is 1020. The maximum Gasteiger partial charge on any atom is 0.340 e. The number of ketones is 1. The number of aromatic nitrogens is 1. The number of H-pyrrole nitrogens is 1. The Hall–Kier alpha value is -2.23. The largest absolute Gasteiger partial charge is 0.459 e. The van der Waals surface area contributed by atoms with Gasteiger partial charge >= 0.3 is 5.97 Å². The van der Waals surface area contributed by atoms with Gasteiger partial charge in [-0.2, -0.15) is 8.42 Å². The fraction of sp³-hybridized carbons (Fsp3) is 0.500. The van der Waals surface area contributed by atoms with E-state index in [1.165, 1.54) is 0 Å². The zero-order valence-corrected chi connectivity index (χ0v) is 16.9. The van der Waals surface area contributed by atoms with Crippen LogP contribution in [0.3, 0.4) is 0 Å². The third-order valence-electron chi connectivity index (χ3n) is 6.00. The second-order valence-corrected chi connectivity index (χ2v) is 9.56. The van der Waals surface area contributed by atoms with Gasteiger partial charge in [-0.1, -0.05) is 18.2 Å². The van der Waals surface area contributed by atoms with E-state index in [0.29, 0.717) is 36.2 Å². The van der Waals surface area contributed by atoms with E-state index in [4.69, 9.17) is 9.29 Å². The van der Waals surface area contributed by atoms with E-state index >= 15 is 0 Å². The highest BCUT2D eigenvalue weighted by Crippen LogP contribution is 2.42. The number of aromatic amines is 1. The molecule has 8 nitrogen and oxygen atoms in total. The number of benzene rings is 1. The first-order chi connectivity index (χ1) is 13.7. The highest BCUT2D eigenvalue weighted by Gasteiger charge is 2.49. The van der Waals surface area contributed by atoms with Crippen LogP contribution in [0.25, 0.3) is 10.9 Å². The SMILES string of the molecule is CS(=O)(=O)O.O=C(OC1C[C@@H]2CC3C[C@H](C1)N2CC3=O)c1c[nH]c2ccccc12. The lowest BCUT2D eigenvalue weighted by molar-refractivity contribution is -0.145. The Morgan fingerprint density at radius 1 is 1.17 bits per heavy atom. The molecule has 4 aliphatic heterocycles. The minimum Gasteiger partial charge on any atom is -0.459 e. The molecule has 1 aromatic heterocycles. The van der Waals surface area contributed by atoms with Crippen molar-refractivity contribution in [1.82, 2.24) is 9.88 Å². The van der Waals surface area contributed by atoms with Gasteiger partial charge in [-0.05, 0) is 18.9 Å². The maximum atomic E-state index is 12.6. The molecule has 0 amide bonds. The molecule has 3 unspecified atom stereocenters. The number of nitrogens with one attached hydrogen (secondary N) is 1. The molecule has 0 spiro atoms. The van der Waals surface area contributed by atoms with Crippen LogP contribution in [0.15, 0.2) is 30.5 Å². The summed E-state index contributed by atoms with van der Waals surface area (Å²) in [5.41, 5.74) is 1.56. The van der Waals surface area contributed by atoms with Crippen LogP contribution in [0, 0.1) is 5.92 Å². The number of ether oxygens (including phenoxy) is 1. The van der Waals surface area contributed by atoms with Gasteiger partial charge in [0.05, 0.1) is 18.4 Å². The van der Waals surface area contributed by atoms with Crippen molar-refractivity contribution in [3.05, 3.63) is 36.0 Å². The smallest absolute Gasteiger partial charge is 0.340 e. The Morgan fingerprint density at radius 2 is 1.79 bits per heavy atom. The van der Waals surface area contributed by atoms with Crippen molar-refractivity contribution in [3.63, 3.8) is 0 Å². The van der Waals surface area contributed by atoms with E-state index in [0.717, 1.165) is 36.6 Å². The Kier molecular flexibility index (Phi) is 5.22. The quantitative estimate of drug-likeness (QED) is 0.564. The number of hydrogen-bond acceptors (Lipinski definition) is 6. The van der Waals surface area contributed by atoms with Crippen molar-refractivity contribution in [2.24, 2.45) is 5.92 Å². The molecule has 4 saturated heterocycles. The Morgan fingerprint density at radius 3 is 2.41 bits per heavy atom. The molecule has 4 bridgehead atoms. The van der Waals surface area contributed by atoms with Gasteiger partial charge in [0.15, 0.2) is 0 Å². The van der Waals surface area contributed by atoms with Crippen LogP contribution in [0.4, 0.5) is 0 Å². The molecule has 0 aliphatic carbocycles.